The van der Waals surface area contributed by atoms with Crippen LogP contribution in [0.1, 0.15) is 37.8 Å². The fraction of sp³-hybridized carbons (Fsp3) is 0.600. The smallest absolute Gasteiger partial charge is 0.152 e. The number of imidazole rings is 1. The highest BCUT2D eigenvalue weighted by molar-refractivity contribution is 5.97. The van der Waals surface area contributed by atoms with Crippen molar-refractivity contribution < 1.29 is 4.74 Å². The fourth-order valence-electron chi connectivity index (χ4n) is 3.68. The second-order valence-electron chi connectivity index (χ2n) is 5.92. The molecule has 0 fully saturated rings. The van der Waals surface area contributed by atoms with Crippen molar-refractivity contribution in [3.05, 3.63) is 11.5 Å². The molecule has 2 N–H and O–H groups in total. The predicted octanol–water partition coefficient (Wildman–Crippen LogP) is 1.88. The maximum atomic E-state index is 6.16. The Hall–Kier alpha value is -1.82. The summed E-state index contributed by atoms with van der Waals surface area (Å²) in [6.07, 6.45) is 2.16. The number of ether oxygens (including phenoxy) is 1. The first-order valence-corrected chi connectivity index (χ1v) is 7.72. The van der Waals surface area contributed by atoms with Crippen LogP contribution < -0.4 is 10.6 Å². The topological polar surface area (TPSA) is 69.2 Å². The first-order chi connectivity index (χ1) is 10.2. The molecule has 0 unspecified atom stereocenters. The van der Waals surface area contributed by atoms with E-state index in [-0.39, 0.29) is 0 Å². The number of nitrogen functional groups attached to an aromatic ring is 1. The highest BCUT2D eigenvalue weighted by atomic mass is 16.5. The van der Waals surface area contributed by atoms with E-state index in [0.29, 0.717) is 25.1 Å². The van der Waals surface area contributed by atoms with Gasteiger partial charge in [-0.15, -0.1) is 0 Å². The van der Waals surface area contributed by atoms with E-state index in [1.807, 2.05) is 6.92 Å². The molecule has 2 aliphatic rings. The molecule has 2 aromatic rings. The monoisotopic (exact) mass is 287 g/mol. The number of aryl methyl sites for hydroxylation is 1. The second kappa shape index (κ2) is 4.59. The second-order valence-corrected chi connectivity index (χ2v) is 5.92. The van der Waals surface area contributed by atoms with Crippen molar-refractivity contribution >= 4 is 22.5 Å². The first-order valence-electron chi connectivity index (χ1n) is 7.72. The van der Waals surface area contributed by atoms with Crippen LogP contribution in [-0.4, -0.2) is 34.2 Å². The Balaban J connectivity index is 2.01. The molecular formula is C15H21N5O. The minimum Gasteiger partial charge on any atom is -0.382 e. The van der Waals surface area contributed by atoms with Crippen molar-refractivity contribution in [3.8, 4) is 0 Å². The van der Waals surface area contributed by atoms with Crippen LogP contribution in [0.25, 0.3) is 11.0 Å². The Morgan fingerprint density at radius 2 is 2.24 bits per heavy atom. The van der Waals surface area contributed by atoms with Crippen LogP contribution in [0.5, 0.6) is 0 Å². The number of nitrogens with two attached hydrogens (primary N) is 1. The lowest BCUT2D eigenvalue weighted by Gasteiger charge is -2.38. The summed E-state index contributed by atoms with van der Waals surface area (Å²) >= 11 is 0. The average molecular weight is 287 g/mol. The van der Waals surface area contributed by atoms with Gasteiger partial charge in [0.2, 0.25) is 0 Å². The van der Waals surface area contributed by atoms with E-state index in [1.165, 1.54) is 5.69 Å². The first kappa shape index (κ1) is 12.9. The Morgan fingerprint density at radius 3 is 3.05 bits per heavy atom. The fourth-order valence-corrected chi connectivity index (χ4v) is 3.68. The minimum absolute atomic E-state index is 0.380. The van der Waals surface area contributed by atoms with Crippen molar-refractivity contribution in [1.82, 2.24) is 14.5 Å². The lowest BCUT2D eigenvalue weighted by Crippen LogP contribution is -2.38. The van der Waals surface area contributed by atoms with Crippen LogP contribution in [0.4, 0.5) is 11.5 Å². The summed E-state index contributed by atoms with van der Waals surface area (Å²) in [7, 11) is 0. The summed E-state index contributed by atoms with van der Waals surface area (Å²) in [5, 5.41) is 0. The summed E-state index contributed by atoms with van der Waals surface area (Å²) in [6.45, 7) is 7.58. The molecule has 6 heteroatoms. The van der Waals surface area contributed by atoms with Gasteiger partial charge in [-0.3, -0.25) is 0 Å². The predicted molar refractivity (Wildman–Crippen MR) is 82.5 cm³/mol. The van der Waals surface area contributed by atoms with E-state index >= 15 is 0 Å². The molecule has 0 saturated heterocycles. The molecule has 4 heterocycles. The van der Waals surface area contributed by atoms with Gasteiger partial charge < -0.3 is 19.9 Å². The van der Waals surface area contributed by atoms with Crippen molar-refractivity contribution in [3.63, 3.8) is 0 Å². The van der Waals surface area contributed by atoms with E-state index in [9.17, 15) is 0 Å². The third-order valence-corrected chi connectivity index (χ3v) is 4.50. The normalized spacial score (nSPS) is 20.3. The number of pyridine rings is 1. The molecule has 0 bridgehead atoms. The summed E-state index contributed by atoms with van der Waals surface area (Å²) in [5.74, 6) is 1.52. The lowest BCUT2D eigenvalue weighted by molar-refractivity contribution is 0.125. The Kier molecular flexibility index (Phi) is 2.82. The van der Waals surface area contributed by atoms with Gasteiger partial charge in [0.1, 0.15) is 17.9 Å². The van der Waals surface area contributed by atoms with Crippen molar-refractivity contribution in [1.29, 1.82) is 0 Å². The van der Waals surface area contributed by atoms with Crippen LogP contribution >= 0.6 is 0 Å². The van der Waals surface area contributed by atoms with E-state index in [2.05, 4.69) is 21.4 Å². The molecule has 21 heavy (non-hydrogen) atoms. The number of nitrogens with zero attached hydrogens (tertiary/aromatic N) is 4. The third-order valence-electron chi connectivity index (χ3n) is 4.50. The zero-order valence-electron chi connectivity index (χ0n) is 12.6. The van der Waals surface area contributed by atoms with E-state index in [0.717, 1.165) is 48.5 Å². The molecule has 0 amide bonds. The van der Waals surface area contributed by atoms with Gasteiger partial charge in [0, 0.05) is 19.7 Å². The molecule has 0 radical (unpaired) electrons. The standard InChI is InChI=1S/C15H21N5O/c1-3-21-8-11-18-12-14-13-10(17-15(12)16)5-4-6-19(13)7-9(2)20(11)14/h9H,3-8H2,1-2H3,(H2,16,17)/t9-/m1/s1. The van der Waals surface area contributed by atoms with Gasteiger partial charge in [0.15, 0.2) is 5.82 Å². The van der Waals surface area contributed by atoms with Gasteiger partial charge >= 0.3 is 0 Å². The van der Waals surface area contributed by atoms with Crippen LogP contribution in [-0.2, 0) is 17.8 Å². The zero-order valence-corrected chi connectivity index (χ0v) is 12.6. The largest absolute Gasteiger partial charge is 0.382 e. The molecule has 2 aliphatic heterocycles. The number of rotatable bonds is 3. The van der Waals surface area contributed by atoms with Crippen LogP contribution in [0, 0.1) is 0 Å². The zero-order chi connectivity index (χ0) is 14.6. The highest BCUT2D eigenvalue weighted by Crippen LogP contribution is 2.41. The van der Waals surface area contributed by atoms with Gasteiger partial charge in [0.25, 0.3) is 0 Å². The molecular weight excluding hydrogens is 266 g/mol. The maximum Gasteiger partial charge on any atom is 0.152 e. The van der Waals surface area contributed by atoms with Crippen molar-refractivity contribution in [2.75, 3.05) is 30.3 Å². The molecule has 0 saturated carbocycles. The Bertz CT molecular complexity index is 708. The molecule has 2 aromatic heterocycles. The Morgan fingerprint density at radius 1 is 1.38 bits per heavy atom. The molecule has 1 atom stereocenters. The van der Waals surface area contributed by atoms with Crippen LogP contribution in [0.2, 0.25) is 0 Å². The molecule has 4 rings (SSSR count). The molecule has 0 aliphatic carbocycles. The summed E-state index contributed by atoms with van der Waals surface area (Å²) in [6, 6.07) is 0.380. The average Bonchev–Trinajstić information content (AvgIpc) is 2.85. The third kappa shape index (κ3) is 1.75. The SMILES string of the molecule is CCOCc1nc2c(N)nc3c4c2n1[C@H](C)CN4CCC3. The van der Waals surface area contributed by atoms with Crippen LogP contribution in [0.3, 0.4) is 0 Å². The molecule has 6 nitrogen and oxygen atoms in total. The van der Waals surface area contributed by atoms with Crippen molar-refractivity contribution in [2.24, 2.45) is 0 Å². The summed E-state index contributed by atoms with van der Waals surface area (Å²) in [4.78, 5) is 11.8. The number of anilines is 2. The van der Waals surface area contributed by atoms with E-state index in [1.54, 1.807) is 0 Å². The van der Waals surface area contributed by atoms with Crippen molar-refractivity contribution in [2.45, 2.75) is 39.3 Å². The molecule has 0 aromatic carbocycles. The Labute approximate surface area is 123 Å². The van der Waals surface area contributed by atoms with Gasteiger partial charge in [-0.25, -0.2) is 9.97 Å². The van der Waals surface area contributed by atoms with Crippen LogP contribution in [0.15, 0.2) is 0 Å². The van der Waals surface area contributed by atoms with Gasteiger partial charge in [-0.1, -0.05) is 0 Å². The number of hydrogen-bond acceptors (Lipinski definition) is 5. The number of aromatic nitrogens is 3. The maximum absolute atomic E-state index is 6.16. The van der Waals surface area contributed by atoms with E-state index in [4.69, 9.17) is 15.5 Å². The van der Waals surface area contributed by atoms with E-state index < -0.39 is 0 Å². The van der Waals surface area contributed by atoms with Gasteiger partial charge in [0.05, 0.1) is 22.9 Å². The quantitative estimate of drug-likeness (QED) is 0.933. The molecule has 112 valence electrons. The number of hydrogen-bond donors (Lipinski definition) is 1. The molecule has 0 spiro atoms. The lowest BCUT2D eigenvalue weighted by atomic mass is 10.0. The highest BCUT2D eigenvalue weighted by Gasteiger charge is 2.33. The minimum atomic E-state index is 0.380. The summed E-state index contributed by atoms with van der Waals surface area (Å²) < 4.78 is 7.89. The van der Waals surface area contributed by atoms with Gasteiger partial charge in [-0.2, -0.15) is 0 Å². The van der Waals surface area contributed by atoms with Gasteiger partial charge in [-0.05, 0) is 26.7 Å². The summed E-state index contributed by atoms with van der Waals surface area (Å²) in [5.41, 5.74) is 10.5.